The first-order valence-electron chi connectivity index (χ1n) is 9.32. The van der Waals surface area contributed by atoms with Gasteiger partial charge in [-0.1, -0.05) is 29.8 Å². The van der Waals surface area contributed by atoms with E-state index < -0.39 is 0 Å². The van der Waals surface area contributed by atoms with Crippen molar-refractivity contribution in [1.29, 1.82) is 0 Å². The molecule has 0 aliphatic heterocycles. The molecule has 9 atom stereocenters. The summed E-state index contributed by atoms with van der Waals surface area (Å²) in [6.07, 6.45) is 6.04. The molecular weight excluding hydrogens is 356 g/mol. The molecule has 130 valence electrons. The highest BCUT2D eigenvalue weighted by atomic mass is 79.9. The highest BCUT2D eigenvalue weighted by Crippen LogP contribution is 2.65. The van der Waals surface area contributed by atoms with Crippen molar-refractivity contribution in [2.75, 3.05) is 0 Å². The van der Waals surface area contributed by atoms with Crippen LogP contribution in [-0.2, 0) is 4.79 Å². The van der Waals surface area contributed by atoms with Crippen molar-refractivity contribution in [3.63, 3.8) is 0 Å². The number of hydrogen-bond acceptors (Lipinski definition) is 3. The maximum atomic E-state index is 12.7. The molecule has 2 N–H and O–H groups in total. The van der Waals surface area contributed by atoms with Crippen LogP contribution in [0.4, 0.5) is 0 Å². The van der Waals surface area contributed by atoms with Gasteiger partial charge in [0.05, 0.1) is 17.0 Å². The van der Waals surface area contributed by atoms with E-state index in [0.717, 1.165) is 44.9 Å². The fraction of sp³-hybridized carbons (Fsp3) is 0.947. The lowest BCUT2D eigenvalue weighted by molar-refractivity contribution is -0.171. The summed E-state index contributed by atoms with van der Waals surface area (Å²) in [6, 6.07) is 0. The van der Waals surface area contributed by atoms with Crippen molar-refractivity contribution in [3.8, 4) is 0 Å². The zero-order valence-electron chi connectivity index (χ0n) is 14.2. The molecule has 0 bridgehead atoms. The van der Waals surface area contributed by atoms with Gasteiger partial charge < -0.3 is 10.2 Å². The molecule has 0 heterocycles. The summed E-state index contributed by atoms with van der Waals surface area (Å²) < 4.78 is 0. The number of hydrogen-bond donors (Lipinski definition) is 2. The van der Waals surface area contributed by atoms with Crippen LogP contribution in [0, 0.1) is 34.5 Å². The lowest BCUT2D eigenvalue weighted by Gasteiger charge is -2.61. The Hall–Kier alpha value is 0.0700. The molecule has 23 heavy (non-hydrogen) atoms. The molecule has 0 radical (unpaired) electrons. The first-order chi connectivity index (χ1) is 10.8. The van der Waals surface area contributed by atoms with E-state index in [1.807, 2.05) is 0 Å². The standard InChI is InChI=1S/C19H29BrO3/c1-18-5-3-11(21)7-10(18)8-15(22)16-12(18)4-6-19(2)13(16)9-14(20)17(19)23/h10-16,21-22H,3-9H2,1-2H3/t10?,11?,12-,13+,14?,15?,16-,18+,19+/m1/s1. The van der Waals surface area contributed by atoms with Crippen LogP contribution < -0.4 is 0 Å². The van der Waals surface area contributed by atoms with Crippen LogP contribution in [0.15, 0.2) is 0 Å². The van der Waals surface area contributed by atoms with E-state index in [-0.39, 0.29) is 33.8 Å². The Labute approximate surface area is 147 Å². The van der Waals surface area contributed by atoms with Gasteiger partial charge in [-0.3, -0.25) is 4.79 Å². The normalized spacial score (nSPS) is 59.2. The lowest BCUT2D eigenvalue weighted by Crippen LogP contribution is -2.58. The van der Waals surface area contributed by atoms with Crippen LogP contribution in [0.5, 0.6) is 0 Å². The van der Waals surface area contributed by atoms with Gasteiger partial charge >= 0.3 is 0 Å². The van der Waals surface area contributed by atoms with E-state index in [2.05, 4.69) is 29.8 Å². The highest BCUT2D eigenvalue weighted by Gasteiger charge is 2.64. The summed E-state index contributed by atoms with van der Waals surface area (Å²) in [7, 11) is 0. The van der Waals surface area contributed by atoms with Gasteiger partial charge in [0.1, 0.15) is 0 Å². The molecule has 0 aromatic heterocycles. The summed E-state index contributed by atoms with van der Waals surface area (Å²) in [5, 5.41) is 21.0. The zero-order chi connectivity index (χ0) is 16.6. The molecule has 0 aromatic carbocycles. The largest absolute Gasteiger partial charge is 0.393 e. The van der Waals surface area contributed by atoms with Crippen LogP contribution >= 0.6 is 15.9 Å². The topological polar surface area (TPSA) is 57.5 Å². The molecule has 3 nitrogen and oxygen atoms in total. The summed E-state index contributed by atoms with van der Waals surface area (Å²) in [5.41, 5.74) is -0.00834. The van der Waals surface area contributed by atoms with E-state index in [1.54, 1.807) is 0 Å². The number of Topliss-reactive ketones (excluding diaryl/α,β-unsaturated/α-hetero) is 1. The molecule has 4 rings (SSSR count). The number of aliphatic hydroxyl groups excluding tert-OH is 2. The smallest absolute Gasteiger partial charge is 0.152 e. The van der Waals surface area contributed by atoms with Gasteiger partial charge in [0.2, 0.25) is 0 Å². The second kappa shape index (κ2) is 5.28. The van der Waals surface area contributed by atoms with Gasteiger partial charge in [0.15, 0.2) is 5.78 Å². The van der Waals surface area contributed by atoms with Gasteiger partial charge in [-0.25, -0.2) is 0 Å². The number of carbonyl (C=O) groups excluding carboxylic acids is 1. The summed E-state index contributed by atoms with van der Waals surface area (Å²) in [5.74, 6) is 1.88. The van der Waals surface area contributed by atoms with Crippen LogP contribution in [-0.4, -0.2) is 33.0 Å². The monoisotopic (exact) mass is 384 g/mol. The second-order valence-electron chi connectivity index (χ2n) is 9.25. The van der Waals surface area contributed by atoms with Crippen molar-refractivity contribution >= 4 is 21.7 Å². The molecule has 4 saturated carbocycles. The quantitative estimate of drug-likeness (QED) is 0.629. The minimum Gasteiger partial charge on any atom is -0.393 e. The number of aliphatic hydroxyl groups is 2. The third-order valence-electron chi connectivity index (χ3n) is 8.35. The Kier molecular flexibility index (Phi) is 3.80. The molecule has 4 fully saturated rings. The van der Waals surface area contributed by atoms with Gasteiger partial charge in [0.25, 0.3) is 0 Å². The van der Waals surface area contributed by atoms with E-state index >= 15 is 0 Å². The number of halogens is 1. The lowest BCUT2D eigenvalue weighted by atomic mass is 9.44. The SMILES string of the molecule is C[C@]12CCC(O)CC1CC(O)[C@@H]1[C@H]2CC[C@]2(C)C(=O)C(Br)C[C@@H]12. The van der Waals surface area contributed by atoms with Crippen LogP contribution in [0.1, 0.15) is 58.8 Å². The fourth-order valence-electron chi connectivity index (χ4n) is 6.95. The maximum absolute atomic E-state index is 12.7. The molecule has 0 amide bonds. The first-order valence-corrected chi connectivity index (χ1v) is 10.2. The highest BCUT2D eigenvalue weighted by molar-refractivity contribution is 9.10. The minimum absolute atomic E-state index is 0.0258. The third kappa shape index (κ3) is 2.17. The molecule has 4 aliphatic carbocycles. The van der Waals surface area contributed by atoms with Crippen LogP contribution in [0.2, 0.25) is 0 Å². The van der Waals surface area contributed by atoms with E-state index in [1.165, 1.54) is 0 Å². The predicted octanol–water partition coefficient (Wildman–Crippen LogP) is 3.30. The predicted molar refractivity (Wildman–Crippen MR) is 92.2 cm³/mol. The van der Waals surface area contributed by atoms with Crippen molar-refractivity contribution < 1.29 is 15.0 Å². The third-order valence-corrected chi connectivity index (χ3v) is 9.14. The van der Waals surface area contributed by atoms with Gasteiger partial charge in [-0.2, -0.15) is 0 Å². The summed E-state index contributed by atoms with van der Waals surface area (Å²) in [6.45, 7) is 4.54. The average molecular weight is 385 g/mol. The zero-order valence-corrected chi connectivity index (χ0v) is 15.8. The molecule has 4 heteroatoms. The van der Waals surface area contributed by atoms with Gasteiger partial charge in [-0.05, 0) is 74.0 Å². The van der Waals surface area contributed by atoms with Crippen molar-refractivity contribution in [3.05, 3.63) is 0 Å². The van der Waals surface area contributed by atoms with Crippen LogP contribution in [0.3, 0.4) is 0 Å². The average Bonchev–Trinajstić information content (AvgIpc) is 2.73. The van der Waals surface area contributed by atoms with Gasteiger partial charge in [-0.15, -0.1) is 0 Å². The van der Waals surface area contributed by atoms with Crippen LogP contribution in [0.25, 0.3) is 0 Å². The summed E-state index contributed by atoms with van der Waals surface area (Å²) >= 11 is 3.59. The fourth-order valence-corrected chi connectivity index (χ4v) is 7.88. The molecular formula is C19H29BrO3. The Morgan fingerprint density at radius 2 is 1.78 bits per heavy atom. The number of carbonyl (C=O) groups is 1. The van der Waals surface area contributed by atoms with E-state index in [0.29, 0.717) is 23.5 Å². The first kappa shape index (κ1) is 16.5. The van der Waals surface area contributed by atoms with Crippen molar-refractivity contribution in [2.24, 2.45) is 34.5 Å². The number of ketones is 1. The van der Waals surface area contributed by atoms with Gasteiger partial charge in [0, 0.05) is 5.41 Å². The molecule has 0 aromatic rings. The Morgan fingerprint density at radius 1 is 1.04 bits per heavy atom. The van der Waals surface area contributed by atoms with E-state index in [9.17, 15) is 15.0 Å². The minimum atomic E-state index is -0.307. The molecule has 4 unspecified atom stereocenters. The summed E-state index contributed by atoms with van der Waals surface area (Å²) in [4.78, 5) is 12.7. The molecule has 4 aliphatic rings. The van der Waals surface area contributed by atoms with Crippen molar-refractivity contribution in [1.82, 2.24) is 0 Å². The Balaban J connectivity index is 1.69. The Morgan fingerprint density at radius 3 is 2.52 bits per heavy atom. The van der Waals surface area contributed by atoms with E-state index in [4.69, 9.17) is 0 Å². The van der Waals surface area contributed by atoms with Crippen molar-refractivity contribution in [2.45, 2.75) is 75.8 Å². The molecule has 0 saturated heterocycles. The number of fused-ring (bicyclic) bond motifs is 5. The molecule has 0 spiro atoms. The Bertz CT molecular complexity index is 523. The maximum Gasteiger partial charge on any atom is 0.152 e. The number of rotatable bonds is 0. The second-order valence-corrected chi connectivity index (χ2v) is 10.4. The number of alkyl halides is 1.